The van der Waals surface area contributed by atoms with Gasteiger partial charge in [-0.25, -0.2) is 0 Å². The van der Waals surface area contributed by atoms with E-state index in [-0.39, 0.29) is 5.54 Å². The maximum Gasteiger partial charge on any atom is 0.137 e. The lowest BCUT2D eigenvalue weighted by molar-refractivity contribution is -0.722. The van der Waals surface area contributed by atoms with Crippen molar-refractivity contribution in [3.63, 3.8) is 0 Å². The van der Waals surface area contributed by atoms with Gasteiger partial charge in [0.1, 0.15) is 25.0 Å². The summed E-state index contributed by atoms with van der Waals surface area (Å²) in [5, 5.41) is 11.9. The molecule has 17 heavy (non-hydrogen) atoms. The first-order chi connectivity index (χ1) is 7.87. The van der Waals surface area contributed by atoms with Crippen molar-refractivity contribution in [3.05, 3.63) is 29.8 Å². The Morgan fingerprint density at radius 3 is 2.35 bits per heavy atom. The van der Waals surface area contributed by atoms with Crippen LogP contribution >= 0.6 is 0 Å². The molecule has 0 aliphatic rings. The zero-order chi connectivity index (χ0) is 12.9. The molecular formula is C14H24NO2+. The van der Waals surface area contributed by atoms with Crippen LogP contribution in [0.1, 0.15) is 26.3 Å². The number of hydrogen-bond donors (Lipinski definition) is 2. The number of benzene rings is 1. The molecule has 0 aliphatic carbocycles. The number of aliphatic hydroxyl groups excluding tert-OH is 1. The molecule has 0 unspecified atom stereocenters. The van der Waals surface area contributed by atoms with Crippen LogP contribution in [-0.4, -0.2) is 29.9 Å². The van der Waals surface area contributed by atoms with E-state index in [1.54, 1.807) is 0 Å². The smallest absolute Gasteiger partial charge is 0.137 e. The monoisotopic (exact) mass is 238 g/mol. The number of aryl methyl sites for hydroxylation is 1. The summed E-state index contributed by atoms with van der Waals surface area (Å²) in [6.07, 6.45) is -0.435. The number of nitrogens with two attached hydrogens (primary N) is 1. The molecule has 0 radical (unpaired) electrons. The van der Waals surface area contributed by atoms with E-state index in [9.17, 15) is 5.11 Å². The molecule has 1 aromatic carbocycles. The summed E-state index contributed by atoms with van der Waals surface area (Å²) >= 11 is 0. The minimum atomic E-state index is -0.435. The third-order valence-electron chi connectivity index (χ3n) is 2.47. The van der Waals surface area contributed by atoms with Crippen molar-refractivity contribution in [3.8, 4) is 5.75 Å². The van der Waals surface area contributed by atoms with Gasteiger partial charge in [-0.05, 0) is 39.8 Å². The number of ether oxygens (including phenoxy) is 1. The Kier molecular flexibility index (Phi) is 4.97. The molecule has 0 heterocycles. The van der Waals surface area contributed by atoms with E-state index in [1.807, 2.05) is 31.2 Å². The van der Waals surface area contributed by atoms with E-state index < -0.39 is 6.10 Å². The van der Waals surface area contributed by atoms with Crippen molar-refractivity contribution in [2.24, 2.45) is 0 Å². The van der Waals surface area contributed by atoms with Crippen LogP contribution in [0.3, 0.4) is 0 Å². The van der Waals surface area contributed by atoms with Gasteiger partial charge in [0.2, 0.25) is 0 Å². The number of quaternary nitrogens is 1. The summed E-state index contributed by atoms with van der Waals surface area (Å²) in [5.41, 5.74) is 1.35. The SMILES string of the molecule is Cc1ccc(OC[C@@H](O)C[NH2+]C(C)(C)C)cc1. The summed E-state index contributed by atoms with van der Waals surface area (Å²) in [4.78, 5) is 0. The first-order valence-corrected chi connectivity index (χ1v) is 6.09. The molecule has 0 fully saturated rings. The van der Waals surface area contributed by atoms with Crippen LogP contribution in [0, 0.1) is 6.92 Å². The maximum atomic E-state index is 9.77. The quantitative estimate of drug-likeness (QED) is 0.807. The highest BCUT2D eigenvalue weighted by Crippen LogP contribution is 2.11. The van der Waals surface area contributed by atoms with E-state index in [4.69, 9.17) is 4.74 Å². The van der Waals surface area contributed by atoms with Crippen molar-refractivity contribution in [2.45, 2.75) is 39.3 Å². The van der Waals surface area contributed by atoms with Crippen molar-refractivity contribution >= 4 is 0 Å². The lowest BCUT2D eigenvalue weighted by Crippen LogP contribution is -2.96. The van der Waals surface area contributed by atoms with Gasteiger partial charge in [0.15, 0.2) is 0 Å². The summed E-state index contributed by atoms with van der Waals surface area (Å²) in [6, 6.07) is 7.86. The van der Waals surface area contributed by atoms with Gasteiger partial charge in [0.25, 0.3) is 0 Å². The van der Waals surface area contributed by atoms with Gasteiger partial charge < -0.3 is 15.2 Å². The van der Waals surface area contributed by atoms with E-state index in [0.717, 1.165) is 5.75 Å². The largest absolute Gasteiger partial charge is 0.491 e. The average molecular weight is 238 g/mol. The molecule has 0 spiro atoms. The van der Waals surface area contributed by atoms with Crippen LogP contribution in [0.25, 0.3) is 0 Å². The predicted molar refractivity (Wildman–Crippen MR) is 69.2 cm³/mol. The minimum absolute atomic E-state index is 0.144. The highest BCUT2D eigenvalue weighted by molar-refractivity contribution is 5.26. The molecule has 3 nitrogen and oxygen atoms in total. The third kappa shape index (κ3) is 6.29. The normalized spacial score (nSPS) is 13.5. The van der Waals surface area contributed by atoms with Crippen LogP contribution in [0.2, 0.25) is 0 Å². The van der Waals surface area contributed by atoms with Crippen LogP contribution < -0.4 is 10.1 Å². The van der Waals surface area contributed by atoms with E-state index in [0.29, 0.717) is 13.2 Å². The summed E-state index contributed by atoms with van der Waals surface area (Å²) in [7, 11) is 0. The second-order valence-electron chi connectivity index (χ2n) is 5.58. The van der Waals surface area contributed by atoms with E-state index >= 15 is 0 Å². The fraction of sp³-hybridized carbons (Fsp3) is 0.571. The summed E-state index contributed by atoms with van der Waals surface area (Å²) in [6.45, 7) is 9.42. The minimum Gasteiger partial charge on any atom is -0.491 e. The van der Waals surface area contributed by atoms with Gasteiger partial charge in [0.05, 0.1) is 5.54 Å². The molecule has 1 aromatic rings. The predicted octanol–water partition coefficient (Wildman–Crippen LogP) is 1.10. The highest BCUT2D eigenvalue weighted by atomic mass is 16.5. The van der Waals surface area contributed by atoms with Crippen molar-refractivity contribution in [2.75, 3.05) is 13.2 Å². The second-order valence-corrected chi connectivity index (χ2v) is 5.58. The molecule has 0 aromatic heterocycles. The van der Waals surface area contributed by atoms with Crippen LogP contribution in [0.4, 0.5) is 0 Å². The lowest BCUT2D eigenvalue weighted by atomic mass is 10.1. The van der Waals surface area contributed by atoms with Gasteiger partial charge in [-0.3, -0.25) is 0 Å². The Morgan fingerprint density at radius 1 is 1.24 bits per heavy atom. The highest BCUT2D eigenvalue weighted by Gasteiger charge is 2.16. The standard InChI is InChI=1S/C14H23NO2/c1-11-5-7-13(8-6-11)17-10-12(16)9-15-14(2,3)4/h5-8,12,15-16H,9-10H2,1-4H3/p+1/t12-/m0/s1. The van der Waals surface area contributed by atoms with Crippen molar-refractivity contribution in [1.82, 2.24) is 0 Å². The van der Waals surface area contributed by atoms with Crippen LogP contribution in [0.15, 0.2) is 24.3 Å². The van der Waals surface area contributed by atoms with Gasteiger partial charge in [-0.15, -0.1) is 0 Å². The number of hydrogen-bond acceptors (Lipinski definition) is 2. The molecule has 0 bridgehead atoms. The van der Waals surface area contributed by atoms with Crippen LogP contribution in [0.5, 0.6) is 5.75 Å². The third-order valence-corrected chi connectivity index (χ3v) is 2.47. The molecule has 0 saturated heterocycles. The van der Waals surface area contributed by atoms with Gasteiger partial charge in [-0.1, -0.05) is 17.7 Å². The molecule has 0 saturated carbocycles. The first-order valence-electron chi connectivity index (χ1n) is 6.09. The summed E-state index contributed by atoms with van der Waals surface area (Å²) < 4.78 is 5.52. The first kappa shape index (κ1) is 14.0. The van der Waals surface area contributed by atoms with E-state index in [1.165, 1.54) is 5.56 Å². The zero-order valence-electron chi connectivity index (χ0n) is 11.2. The zero-order valence-corrected chi connectivity index (χ0v) is 11.2. The Labute approximate surface area is 104 Å². The Bertz CT molecular complexity index is 327. The molecule has 0 amide bonds. The second kappa shape index (κ2) is 6.03. The fourth-order valence-corrected chi connectivity index (χ4v) is 1.38. The fourth-order valence-electron chi connectivity index (χ4n) is 1.38. The molecule has 1 atom stereocenters. The molecular weight excluding hydrogens is 214 g/mol. The molecule has 0 aliphatic heterocycles. The molecule has 1 rings (SSSR count). The van der Waals surface area contributed by atoms with Gasteiger partial charge in [-0.2, -0.15) is 0 Å². The Morgan fingerprint density at radius 2 is 1.82 bits per heavy atom. The van der Waals surface area contributed by atoms with Gasteiger partial charge in [0, 0.05) is 0 Å². The number of aliphatic hydroxyl groups is 1. The Hall–Kier alpha value is -1.06. The van der Waals surface area contributed by atoms with Crippen molar-refractivity contribution < 1.29 is 15.2 Å². The molecule has 3 heteroatoms. The maximum absolute atomic E-state index is 9.77. The van der Waals surface area contributed by atoms with Crippen molar-refractivity contribution in [1.29, 1.82) is 0 Å². The van der Waals surface area contributed by atoms with E-state index in [2.05, 4.69) is 26.1 Å². The molecule has 3 N–H and O–H groups in total. The Balaban J connectivity index is 2.28. The topological polar surface area (TPSA) is 46.1 Å². The van der Waals surface area contributed by atoms with Crippen LogP contribution in [-0.2, 0) is 0 Å². The number of rotatable bonds is 5. The van der Waals surface area contributed by atoms with Gasteiger partial charge >= 0.3 is 0 Å². The lowest BCUT2D eigenvalue weighted by Gasteiger charge is -2.19. The summed E-state index contributed by atoms with van der Waals surface area (Å²) in [5.74, 6) is 0.811. The molecule has 96 valence electrons. The average Bonchev–Trinajstić information content (AvgIpc) is 2.25.